The summed E-state index contributed by atoms with van der Waals surface area (Å²) < 4.78 is 6.70. The predicted octanol–water partition coefficient (Wildman–Crippen LogP) is 5.45. The van der Waals surface area contributed by atoms with Crippen LogP contribution in [0.5, 0.6) is 0 Å². The van der Waals surface area contributed by atoms with Gasteiger partial charge in [0.05, 0.1) is 11.7 Å². The van der Waals surface area contributed by atoms with E-state index in [9.17, 15) is 0 Å². The minimum Gasteiger partial charge on any atom is -0.372 e. The minimum absolute atomic E-state index is 0.0675. The molecule has 0 spiro atoms. The topological polar surface area (TPSA) is 21.3 Å². The Bertz CT molecular complexity index is 295. The highest BCUT2D eigenvalue weighted by atomic mass is 16.5. The zero-order valence-electron chi connectivity index (χ0n) is 15.6. The maximum Gasteiger partial charge on any atom is 0.0658 e. The van der Waals surface area contributed by atoms with Gasteiger partial charge >= 0.3 is 0 Å². The summed E-state index contributed by atoms with van der Waals surface area (Å²) in [6.07, 6.45) is 10.1. The van der Waals surface area contributed by atoms with Gasteiger partial charge in [-0.1, -0.05) is 39.5 Å². The molecule has 0 aromatic carbocycles. The molecule has 2 nitrogen and oxygen atoms in total. The molecular weight excluding hydrogens is 258 g/mol. The fraction of sp³-hybridized carbons (Fsp3) is 1.00. The van der Waals surface area contributed by atoms with Crippen LogP contribution in [0.15, 0.2) is 0 Å². The fourth-order valence-corrected chi connectivity index (χ4v) is 4.23. The van der Waals surface area contributed by atoms with Crippen molar-refractivity contribution in [3.8, 4) is 0 Å². The van der Waals surface area contributed by atoms with Crippen molar-refractivity contribution >= 4 is 0 Å². The van der Waals surface area contributed by atoms with Gasteiger partial charge in [0.15, 0.2) is 0 Å². The van der Waals surface area contributed by atoms with Crippen LogP contribution >= 0.6 is 0 Å². The summed E-state index contributed by atoms with van der Waals surface area (Å²) in [5, 5.41) is 3.75. The van der Waals surface area contributed by atoms with Gasteiger partial charge in [-0.05, 0) is 60.3 Å². The average Bonchev–Trinajstić information content (AvgIpc) is 2.24. The predicted molar refractivity (Wildman–Crippen MR) is 92.9 cm³/mol. The lowest BCUT2D eigenvalue weighted by Gasteiger charge is -2.48. The van der Waals surface area contributed by atoms with Gasteiger partial charge in [0.1, 0.15) is 0 Å². The van der Waals surface area contributed by atoms with Gasteiger partial charge in [0.2, 0.25) is 0 Å². The molecule has 0 saturated carbocycles. The average molecular weight is 298 g/mol. The van der Waals surface area contributed by atoms with Crippen molar-refractivity contribution in [1.29, 1.82) is 0 Å². The van der Waals surface area contributed by atoms with E-state index in [1.807, 2.05) is 0 Å². The third-order valence-corrected chi connectivity index (χ3v) is 4.69. The van der Waals surface area contributed by atoms with E-state index < -0.39 is 0 Å². The lowest BCUT2D eigenvalue weighted by Crippen LogP contribution is -2.60. The molecule has 1 N–H and O–H groups in total. The minimum atomic E-state index is 0.0675. The van der Waals surface area contributed by atoms with Gasteiger partial charge in [0.25, 0.3) is 0 Å². The molecule has 1 aliphatic rings. The molecule has 0 radical (unpaired) electrons. The van der Waals surface area contributed by atoms with E-state index >= 15 is 0 Å². The highest BCUT2D eigenvalue weighted by molar-refractivity contribution is 4.98. The van der Waals surface area contributed by atoms with Gasteiger partial charge in [-0.3, -0.25) is 0 Å². The second-order valence-electron chi connectivity index (χ2n) is 8.70. The van der Waals surface area contributed by atoms with Gasteiger partial charge in [-0.2, -0.15) is 0 Å². The number of hydrogen-bond acceptors (Lipinski definition) is 2. The molecule has 1 fully saturated rings. The van der Waals surface area contributed by atoms with Crippen molar-refractivity contribution in [1.82, 2.24) is 5.32 Å². The zero-order chi connectivity index (χ0) is 16.1. The Labute approximate surface area is 133 Å². The van der Waals surface area contributed by atoms with Crippen LogP contribution in [0.2, 0.25) is 0 Å². The molecular formula is C19H39NO. The summed E-state index contributed by atoms with van der Waals surface area (Å²) in [4.78, 5) is 0. The third kappa shape index (κ3) is 6.69. The molecule has 126 valence electrons. The first-order valence-corrected chi connectivity index (χ1v) is 9.08. The molecule has 1 unspecified atom stereocenters. The van der Waals surface area contributed by atoms with Crippen molar-refractivity contribution in [2.75, 3.05) is 0 Å². The van der Waals surface area contributed by atoms with Crippen molar-refractivity contribution in [3.63, 3.8) is 0 Å². The largest absolute Gasteiger partial charge is 0.372 e. The van der Waals surface area contributed by atoms with Crippen molar-refractivity contribution in [3.05, 3.63) is 0 Å². The van der Waals surface area contributed by atoms with Crippen LogP contribution in [0.3, 0.4) is 0 Å². The Hall–Kier alpha value is -0.0800. The smallest absolute Gasteiger partial charge is 0.0658 e. The van der Waals surface area contributed by atoms with E-state index in [4.69, 9.17) is 4.74 Å². The van der Waals surface area contributed by atoms with Crippen molar-refractivity contribution < 1.29 is 4.74 Å². The van der Waals surface area contributed by atoms with E-state index in [1.54, 1.807) is 0 Å². The van der Waals surface area contributed by atoms with Crippen LogP contribution in [0, 0.1) is 0 Å². The molecule has 1 heterocycles. The summed E-state index contributed by atoms with van der Waals surface area (Å²) in [5.41, 5.74) is 0.407. The van der Waals surface area contributed by atoms with Crippen molar-refractivity contribution in [2.24, 2.45) is 0 Å². The molecule has 1 saturated heterocycles. The van der Waals surface area contributed by atoms with Crippen LogP contribution in [0.25, 0.3) is 0 Å². The van der Waals surface area contributed by atoms with Crippen LogP contribution in [0.4, 0.5) is 0 Å². The molecule has 1 atom stereocenters. The summed E-state index contributed by atoms with van der Waals surface area (Å²) in [6.45, 7) is 16.1. The number of nitrogens with one attached hydrogen (secondary N) is 1. The first-order chi connectivity index (χ1) is 9.61. The second-order valence-corrected chi connectivity index (χ2v) is 8.70. The molecule has 0 aromatic rings. The quantitative estimate of drug-likeness (QED) is 0.601. The van der Waals surface area contributed by atoms with E-state index in [0.717, 1.165) is 12.8 Å². The summed E-state index contributed by atoms with van der Waals surface area (Å²) >= 11 is 0. The summed E-state index contributed by atoms with van der Waals surface area (Å²) in [7, 11) is 0. The van der Waals surface area contributed by atoms with Crippen LogP contribution in [-0.4, -0.2) is 22.8 Å². The van der Waals surface area contributed by atoms with Crippen LogP contribution in [0.1, 0.15) is 99.8 Å². The molecule has 0 amide bonds. The maximum atomic E-state index is 6.70. The SMILES string of the molecule is CCCCCC(C)(CCC)OC1CC(C)(C)NC(C)(C)C1. The first kappa shape index (κ1) is 19.0. The van der Waals surface area contributed by atoms with Gasteiger partial charge in [0, 0.05) is 11.1 Å². The molecule has 0 aromatic heterocycles. The van der Waals surface area contributed by atoms with E-state index in [1.165, 1.54) is 38.5 Å². The zero-order valence-corrected chi connectivity index (χ0v) is 15.6. The molecule has 1 aliphatic heterocycles. The number of ether oxygens (including phenoxy) is 1. The van der Waals surface area contributed by atoms with Crippen molar-refractivity contribution in [2.45, 2.75) is 123 Å². The van der Waals surface area contributed by atoms with Gasteiger partial charge in [-0.15, -0.1) is 0 Å². The number of rotatable bonds is 8. The Morgan fingerprint density at radius 2 is 1.52 bits per heavy atom. The Kier molecular flexibility index (Phi) is 6.74. The van der Waals surface area contributed by atoms with E-state index in [2.05, 4.69) is 53.8 Å². The number of piperidine rings is 1. The fourth-order valence-electron chi connectivity index (χ4n) is 4.23. The molecule has 0 aliphatic carbocycles. The Balaban J connectivity index is 2.68. The molecule has 1 rings (SSSR count). The van der Waals surface area contributed by atoms with Gasteiger partial charge in [-0.25, -0.2) is 0 Å². The lowest BCUT2D eigenvalue weighted by molar-refractivity contribution is -0.125. The van der Waals surface area contributed by atoms with Gasteiger partial charge < -0.3 is 10.1 Å². The molecule has 0 bridgehead atoms. The monoisotopic (exact) mass is 297 g/mol. The summed E-state index contributed by atoms with van der Waals surface area (Å²) in [5.74, 6) is 0. The lowest BCUT2D eigenvalue weighted by atomic mass is 9.80. The maximum absolute atomic E-state index is 6.70. The number of hydrogen-bond donors (Lipinski definition) is 1. The first-order valence-electron chi connectivity index (χ1n) is 9.08. The normalized spacial score (nSPS) is 24.7. The van der Waals surface area contributed by atoms with Crippen LogP contribution in [-0.2, 0) is 4.74 Å². The van der Waals surface area contributed by atoms with Crippen LogP contribution < -0.4 is 5.32 Å². The summed E-state index contributed by atoms with van der Waals surface area (Å²) in [6, 6.07) is 0. The Morgan fingerprint density at radius 3 is 2.00 bits per heavy atom. The third-order valence-electron chi connectivity index (χ3n) is 4.69. The molecule has 21 heavy (non-hydrogen) atoms. The number of unbranched alkanes of at least 4 members (excludes halogenated alkanes) is 2. The van der Waals surface area contributed by atoms with E-state index in [-0.39, 0.29) is 16.7 Å². The Morgan fingerprint density at radius 1 is 0.952 bits per heavy atom. The standard InChI is InChI=1S/C19H39NO/c1-8-10-11-13-19(7,12-9-2)21-16-14-17(3,4)20-18(5,6)15-16/h16,20H,8-15H2,1-7H3. The second kappa shape index (κ2) is 7.46. The van der Waals surface area contributed by atoms with E-state index in [0.29, 0.717) is 6.10 Å². The highest BCUT2D eigenvalue weighted by Crippen LogP contribution is 2.35. The highest BCUT2D eigenvalue weighted by Gasteiger charge is 2.40. The molecule has 2 heteroatoms.